The molecule has 64 valence electrons. The average Bonchev–Trinajstić information content (AvgIpc) is 2.77. The standard InChI is InChI=1S/C5H6N4OS2/c10-5(3-1-11-8-6-3)4-2-12-9-7-4/h3-4H,1-2H2. The van der Waals surface area contributed by atoms with Gasteiger partial charge in [0.05, 0.1) is 0 Å². The lowest BCUT2D eigenvalue weighted by molar-refractivity contribution is -0.120. The summed E-state index contributed by atoms with van der Waals surface area (Å²) in [6.07, 6.45) is 0. The second kappa shape index (κ2) is 3.53. The van der Waals surface area contributed by atoms with E-state index in [0.717, 1.165) is 0 Å². The lowest BCUT2D eigenvalue weighted by atomic mass is 10.1. The molecule has 2 heterocycles. The molecule has 0 spiro atoms. The molecule has 0 aromatic heterocycles. The first-order chi connectivity index (χ1) is 5.88. The Labute approximate surface area is 77.8 Å². The predicted molar refractivity (Wildman–Crippen MR) is 47.2 cm³/mol. The molecule has 0 bridgehead atoms. The summed E-state index contributed by atoms with van der Waals surface area (Å²) in [5.41, 5.74) is 0. The lowest BCUT2D eigenvalue weighted by Gasteiger charge is -2.04. The molecule has 0 amide bonds. The van der Waals surface area contributed by atoms with Crippen LogP contribution >= 0.6 is 23.9 Å². The highest BCUT2D eigenvalue weighted by molar-refractivity contribution is 7.98. The van der Waals surface area contributed by atoms with Gasteiger partial charge in [0.2, 0.25) is 0 Å². The Morgan fingerprint density at radius 1 is 1.08 bits per heavy atom. The van der Waals surface area contributed by atoms with Crippen LogP contribution in [0.15, 0.2) is 19.3 Å². The van der Waals surface area contributed by atoms with Gasteiger partial charge in [0.15, 0.2) is 5.78 Å². The number of nitrogens with zero attached hydrogens (tertiary/aromatic N) is 4. The van der Waals surface area contributed by atoms with Crippen LogP contribution < -0.4 is 0 Å². The van der Waals surface area contributed by atoms with Crippen LogP contribution in [0.25, 0.3) is 0 Å². The number of hydrogen-bond acceptors (Lipinski definition) is 7. The van der Waals surface area contributed by atoms with E-state index in [1.807, 2.05) is 0 Å². The summed E-state index contributed by atoms with van der Waals surface area (Å²) in [5.74, 6) is 1.38. The third-order valence-corrected chi connectivity index (χ3v) is 2.96. The lowest BCUT2D eigenvalue weighted by Crippen LogP contribution is -2.30. The fourth-order valence-electron chi connectivity index (χ4n) is 0.955. The van der Waals surface area contributed by atoms with Crippen molar-refractivity contribution < 1.29 is 4.79 Å². The molecule has 0 aromatic carbocycles. The van der Waals surface area contributed by atoms with Crippen molar-refractivity contribution in [3.63, 3.8) is 0 Å². The average molecular weight is 202 g/mol. The molecule has 7 heteroatoms. The molecule has 2 aliphatic heterocycles. The maximum absolute atomic E-state index is 11.5. The summed E-state index contributed by atoms with van der Waals surface area (Å²) >= 11 is 2.66. The van der Waals surface area contributed by atoms with Crippen LogP contribution in [0.3, 0.4) is 0 Å². The van der Waals surface area contributed by atoms with Gasteiger partial charge in [-0.15, -0.1) is 9.04 Å². The van der Waals surface area contributed by atoms with Crippen LogP contribution in [-0.2, 0) is 4.79 Å². The molecule has 5 nitrogen and oxygen atoms in total. The van der Waals surface area contributed by atoms with E-state index in [2.05, 4.69) is 19.3 Å². The highest BCUT2D eigenvalue weighted by Crippen LogP contribution is 2.24. The third-order valence-electron chi connectivity index (χ3n) is 1.61. The number of carbonyl (C=O) groups is 1. The first-order valence-electron chi connectivity index (χ1n) is 3.46. The Morgan fingerprint density at radius 3 is 1.92 bits per heavy atom. The van der Waals surface area contributed by atoms with E-state index >= 15 is 0 Å². The molecule has 2 unspecified atom stereocenters. The molecular weight excluding hydrogens is 196 g/mol. The molecule has 2 atom stereocenters. The maximum atomic E-state index is 11.5. The van der Waals surface area contributed by atoms with Crippen molar-refractivity contribution in [2.75, 3.05) is 11.5 Å². The Morgan fingerprint density at radius 2 is 1.58 bits per heavy atom. The number of carbonyl (C=O) groups excluding carboxylic acids is 1. The van der Waals surface area contributed by atoms with Crippen molar-refractivity contribution in [3.8, 4) is 0 Å². The second-order valence-corrected chi connectivity index (χ2v) is 3.93. The van der Waals surface area contributed by atoms with Crippen LogP contribution in [0.2, 0.25) is 0 Å². The molecule has 0 radical (unpaired) electrons. The molecule has 2 rings (SSSR count). The van der Waals surface area contributed by atoms with Crippen molar-refractivity contribution in [1.82, 2.24) is 0 Å². The van der Waals surface area contributed by atoms with Gasteiger partial charge in [0, 0.05) is 11.5 Å². The van der Waals surface area contributed by atoms with Gasteiger partial charge < -0.3 is 0 Å². The first-order valence-corrected chi connectivity index (χ1v) is 5.34. The smallest absolute Gasteiger partial charge is 0.187 e. The van der Waals surface area contributed by atoms with Crippen molar-refractivity contribution in [3.05, 3.63) is 0 Å². The Bertz CT molecular complexity index is 230. The summed E-state index contributed by atoms with van der Waals surface area (Å²) in [6, 6.07) is -0.560. The zero-order valence-electron chi connectivity index (χ0n) is 6.08. The van der Waals surface area contributed by atoms with Crippen LogP contribution in [0.4, 0.5) is 0 Å². The minimum Gasteiger partial charge on any atom is -0.295 e. The molecule has 0 aliphatic carbocycles. The molecule has 0 fully saturated rings. The summed E-state index contributed by atoms with van der Waals surface area (Å²) < 4.78 is 7.40. The van der Waals surface area contributed by atoms with Gasteiger partial charge in [-0.25, -0.2) is 0 Å². The van der Waals surface area contributed by atoms with E-state index in [1.165, 1.54) is 23.9 Å². The first kappa shape index (κ1) is 8.18. The summed E-state index contributed by atoms with van der Waals surface area (Å²) in [4.78, 5) is 11.5. The van der Waals surface area contributed by atoms with E-state index in [0.29, 0.717) is 11.5 Å². The van der Waals surface area contributed by atoms with Crippen LogP contribution in [0.5, 0.6) is 0 Å². The maximum Gasteiger partial charge on any atom is 0.187 e. The zero-order chi connectivity index (χ0) is 8.39. The molecule has 12 heavy (non-hydrogen) atoms. The fourth-order valence-corrected chi connectivity index (χ4v) is 2.19. The largest absolute Gasteiger partial charge is 0.295 e. The second-order valence-electron chi connectivity index (χ2n) is 2.42. The fraction of sp³-hybridized carbons (Fsp3) is 0.800. The van der Waals surface area contributed by atoms with E-state index in [1.54, 1.807) is 0 Å². The minimum absolute atomic E-state index is 0.0532. The number of rotatable bonds is 2. The minimum atomic E-state index is -0.280. The van der Waals surface area contributed by atoms with Gasteiger partial charge in [-0.1, -0.05) is 0 Å². The summed E-state index contributed by atoms with van der Waals surface area (Å²) in [7, 11) is 0. The summed E-state index contributed by atoms with van der Waals surface area (Å²) in [5, 5.41) is 7.62. The highest BCUT2D eigenvalue weighted by atomic mass is 32.2. The van der Waals surface area contributed by atoms with Gasteiger partial charge in [0.1, 0.15) is 12.1 Å². The van der Waals surface area contributed by atoms with E-state index < -0.39 is 0 Å². The Hall–Kier alpha value is -0.430. The van der Waals surface area contributed by atoms with Gasteiger partial charge in [-0.3, -0.25) is 4.79 Å². The topological polar surface area (TPSA) is 66.5 Å². The Balaban J connectivity index is 1.99. The van der Waals surface area contributed by atoms with Crippen molar-refractivity contribution in [2.24, 2.45) is 19.3 Å². The Kier molecular flexibility index (Phi) is 2.40. The SMILES string of the molecule is O=C(C1CSN=N1)C1CSN=N1. The molecule has 0 saturated carbocycles. The van der Waals surface area contributed by atoms with Crippen molar-refractivity contribution in [1.29, 1.82) is 0 Å². The van der Waals surface area contributed by atoms with Crippen molar-refractivity contribution >= 4 is 29.7 Å². The normalized spacial score (nSPS) is 33.0. The van der Waals surface area contributed by atoms with Crippen LogP contribution in [0.1, 0.15) is 0 Å². The number of ketones is 1. The van der Waals surface area contributed by atoms with Gasteiger partial charge >= 0.3 is 0 Å². The van der Waals surface area contributed by atoms with Gasteiger partial charge in [-0.2, -0.15) is 10.2 Å². The van der Waals surface area contributed by atoms with E-state index in [-0.39, 0.29) is 17.9 Å². The number of hydrogen-bond donors (Lipinski definition) is 0. The van der Waals surface area contributed by atoms with Gasteiger partial charge in [-0.05, 0) is 23.9 Å². The molecule has 0 N–H and O–H groups in total. The molecule has 2 aliphatic rings. The summed E-state index contributed by atoms with van der Waals surface area (Å²) in [6.45, 7) is 0. The van der Waals surface area contributed by atoms with Gasteiger partial charge in [0.25, 0.3) is 0 Å². The zero-order valence-corrected chi connectivity index (χ0v) is 7.72. The molecular formula is C5H6N4OS2. The van der Waals surface area contributed by atoms with E-state index in [4.69, 9.17) is 0 Å². The number of Topliss-reactive ketones (excluding diaryl/α,β-unsaturated/α-hetero) is 1. The quantitative estimate of drug-likeness (QED) is 0.637. The highest BCUT2D eigenvalue weighted by Gasteiger charge is 2.31. The van der Waals surface area contributed by atoms with Crippen molar-refractivity contribution in [2.45, 2.75) is 12.1 Å². The van der Waals surface area contributed by atoms with Crippen LogP contribution in [0, 0.1) is 0 Å². The monoisotopic (exact) mass is 202 g/mol. The molecule has 0 aromatic rings. The molecule has 0 saturated heterocycles. The third kappa shape index (κ3) is 1.51. The predicted octanol–water partition coefficient (Wildman–Crippen LogP) is 1.52. The van der Waals surface area contributed by atoms with Crippen LogP contribution in [-0.4, -0.2) is 29.4 Å². The van der Waals surface area contributed by atoms with E-state index in [9.17, 15) is 4.79 Å².